The highest BCUT2D eigenvalue weighted by Gasteiger charge is 2.30. The number of carbonyl (C=O) groups is 1. The van der Waals surface area contributed by atoms with Gasteiger partial charge in [-0.3, -0.25) is 19.1 Å². The van der Waals surface area contributed by atoms with Crippen molar-refractivity contribution in [2.24, 2.45) is 7.05 Å². The van der Waals surface area contributed by atoms with Gasteiger partial charge in [-0.05, 0) is 24.0 Å². The van der Waals surface area contributed by atoms with Crippen LogP contribution in [0.15, 0.2) is 40.1 Å². The van der Waals surface area contributed by atoms with Crippen LogP contribution in [-0.2, 0) is 31.1 Å². The van der Waals surface area contributed by atoms with E-state index >= 15 is 0 Å². The van der Waals surface area contributed by atoms with Crippen LogP contribution < -0.4 is 11.2 Å². The van der Waals surface area contributed by atoms with Crippen molar-refractivity contribution in [3.05, 3.63) is 68.0 Å². The number of H-pyrrole nitrogens is 1. The molecule has 1 N–H and O–H groups in total. The Morgan fingerprint density at radius 2 is 1.70 bits per heavy atom. The number of piperazine rings is 1. The summed E-state index contributed by atoms with van der Waals surface area (Å²) in [6.45, 7) is 3.06. The van der Waals surface area contributed by atoms with Crippen molar-refractivity contribution < 1.29 is 4.79 Å². The molecule has 142 valence electrons. The van der Waals surface area contributed by atoms with Gasteiger partial charge in [0, 0.05) is 51.0 Å². The molecule has 1 aliphatic heterocycles. The Labute approximate surface area is 157 Å². The number of rotatable bonds is 3. The fourth-order valence-corrected chi connectivity index (χ4v) is 4.15. The van der Waals surface area contributed by atoms with Gasteiger partial charge < -0.3 is 9.88 Å². The lowest BCUT2D eigenvalue weighted by molar-refractivity contribution is -0.132. The molecule has 1 aromatic heterocycles. The molecule has 1 fully saturated rings. The van der Waals surface area contributed by atoms with Crippen LogP contribution in [0.5, 0.6) is 0 Å². The molecular weight excluding hydrogens is 344 g/mol. The number of fused-ring (bicyclic) bond motifs is 1. The summed E-state index contributed by atoms with van der Waals surface area (Å²) in [5.74, 6) is -0.0616. The standard InChI is InChI=1S/C20H24N4O3/c1-22-19(26)16(13-21-20(22)27)12-18(25)24-8-6-23(7-9-24)17-10-14-4-2-3-5-15(14)11-17/h2-5,13,17H,6-12H2,1H3,(H,21,27). The first kappa shape index (κ1) is 17.7. The molecule has 2 heterocycles. The van der Waals surface area contributed by atoms with Crippen LogP contribution >= 0.6 is 0 Å². The van der Waals surface area contributed by atoms with Crippen molar-refractivity contribution in [2.45, 2.75) is 25.3 Å². The SMILES string of the molecule is Cn1c(=O)[nH]cc(CC(=O)N2CCN(C3Cc4ccccc4C3)CC2)c1=O. The van der Waals surface area contributed by atoms with Crippen molar-refractivity contribution in [1.82, 2.24) is 19.4 Å². The van der Waals surface area contributed by atoms with Crippen LogP contribution in [-0.4, -0.2) is 57.5 Å². The molecule has 0 spiro atoms. The molecule has 1 aliphatic carbocycles. The van der Waals surface area contributed by atoms with E-state index in [1.165, 1.54) is 24.4 Å². The van der Waals surface area contributed by atoms with Crippen molar-refractivity contribution in [1.29, 1.82) is 0 Å². The van der Waals surface area contributed by atoms with Crippen LogP contribution in [0, 0.1) is 0 Å². The molecular formula is C20H24N4O3. The summed E-state index contributed by atoms with van der Waals surface area (Å²) < 4.78 is 0.998. The van der Waals surface area contributed by atoms with E-state index in [4.69, 9.17) is 0 Å². The topological polar surface area (TPSA) is 78.4 Å². The van der Waals surface area contributed by atoms with Crippen molar-refractivity contribution >= 4 is 5.91 Å². The lowest BCUT2D eigenvalue weighted by Crippen LogP contribution is -2.52. The first-order chi connectivity index (χ1) is 13.0. The minimum atomic E-state index is -0.470. The van der Waals surface area contributed by atoms with Crippen LogP contribution in [0.3, 0.4) is 0 Å². The third kappa shape index (κ3) is 3.47. The molecule has 1 amide bonds. The number of hydrogen-bond donors (Lipinski definition) is 1. The summed E-state index contributed by atoms with van der Waals surface area (Å²) in [7, 11) is 1.41. The molecule has 0 radical (unpaired) electrons. The summed E-state index contributed by atoms with van der Waals surface area (Å²) in [5.41, 5.74) is 2.33. The zero-order valence-corrected chi connectivity index (χ0v) is 15.5. The van der Waals surface area contributed by atoms with Crippen molar-refractivity contribution in [2.75, 3.05) is 26.2 Å². The van der Waals surface area contributed by atoms with Gasteiger partial charge in [0.25, 0.3) is 5.56 Å². The number of benzene rings is 1. The predicted octanol–water partition coefficient (Wildman–Crippen LogP) is -0.0723. The summed E-state index contributed by atoms with van der Waals surface area (Å²) in [6, 6.07) is 9.13. The Morgan fingerprint density at radius 1 is 1.07 bits per heavy atom. The first-order valence-corrected chi connectivity index (χ1v) is 9.39. The average molecular weight is 368 g/mol. The molecule has 0 bridgehead atoms. The number of hydrogen-bond acceptors (Lipinski definition) is 4. The number of aromatic nitrogens is 2. The number of nitrogens with zero attached hydrogens (tertiary/aromatic N) is 3. The van der Waals surface area contributed by atoms with E-state index in [0.717, 1.165) is 30.5 Å². The van der Waals surface area contributed by atoms with Gasteiger partial charge in [0.1, 0.15) is 0 Å². The zero-order chi connectivity index (χ0) is 19.0. The Balaban J connectivity index is 1.34. The summed E-state index contributed by atoms with van der Waals surface area (Å²) in [4.78, 5) is 42.9. The van der Waals surface area contributed by atoms with Gasteiger partial charge in [-0.15, -0.1) is 0 Å². The smallest absolute Gasteiger partial charge is 0.328 e. The Kier molecular flexibility index (Phi) is 4.70. The third-order valence-corrected chi connectivity index (χ3v) is 5.81. The van der Waals surface area contributed by atoms with E-state index in [1.807, 2.05) is 4.90 Å². The molecule has 2 aliphatic rings. The highest BCUT2D eigenvalue weighted by atomic mass is 16.2. The fraction of sp³-hybridized carbons (Fsp3) is 0.450. The fourth-order valence-electron chi connectivity index (χ4n) is 4.15. The van der Waals surface area contributed by atoms with Crippen LogP contribution in [0.2, 0.25) is 0 Å². The second-order valence-electron chi connectivity index (χ2n) is 7.41. The predicted molar refractivity (Wildman–Crippen MR) is 102 cm³/mol. The second kappa shape index (κ2) is 7.15. The van der Waals surface area contributed by atoms with Gasteiger partial charge in [0.05, 0.1) is 6.42 Å². The van der Waals surface area contributed by atoms with Gasteiger partial charge in [-0.1, -0.05) is 24.3 Å². The lowest BCUT2D eigenvalue weighted by Gasteiger charge is -2.38. The Morgan fingerprint density at radius 3 is 2.33 bits per heavy atom. The first-order valence-electron chi connectivity index (χ1n) is 9.39. The quantitative estimate of drug-likeness (QED) is 0.823. The van der Waals surface area contributed by atoms with Gasteiger partial charge in [0.2, 0.25) is 5.91 Å². The van der Waals surface area contributed by atoms with E-state index in [2.05, 4.69) is 34.1 Å². The Hall–Kier alpha value is -2.67. The van der Waals surface area contributed by atoms with Crippen molar-refractivity contribution in [3.8, 4) is 0 Å². The molecule has 4 rings (SSSR count). The average Bonchev–Trinajstić information content (AvgIpc) is 3.13. The van der Waals surface area contributed by atoms with Gasteiger partial charge in [0.15, 0.2) is 0 Å². The molecule has 0 atom stereocenters. The number of aromatic amines is 1. The number of carbonyl (C=O) groups excluding carboxylic acids is 1. The molecule has 7 heteroatoms. The lowest BCUT2D eigenvalue weighted by atomic mass is 10.1. The third-order valence-electron chi connectivity index (χ3n) is 5.81. The maximum Gasteiger partial charge on any atom is 0.328 e. The summed E-state index contributed by atoms with van der Waals surface area (Å²) in [5, 5.41) is 0. The molecule has 1 aromatic carbocycles. The summed E-state index contributed by atoms with van der Waals surface area (Å²) in [6.07, 6.45) is 3.54. The van der Waals surface area contributed by atoms with E-state index in [9.17, 15) is 14.4 Å². The monoisotopic (exact) mass is 368 g/mol. The molecule has 0 unspecified atom stereocenters. The van der Waals surface area contributed by atoms with Crippen LogP contribution in [0.1, 0.15) is 16.7 Å². The second-order valence-corrected chi connectivity index (χ2v) is 7.41. The highest BCUT2D eigenvalue weighted by molar-refractivity contribution is 5.78. The van der Waals surface area contributed by atoms with E-state index < -0.39 is 11.2 Å². The largest absolute Gasteiger partial charge is 0.340 e. The summed E-state index contributed by atoms with van der Waals surface area (Å²) >= 11 is 0. The minimum absolute atomic E-state index is 0.0261. The normalized spacial score (nSPS) is 17.9. The van der Waals surface area contributed by atoms with Gasteiger partial charge in [-0.2, -0.15) is 0 Å². The molecule has 1 saturated heterocycles. The molecule has 0 saturated carbocycles. The van der Waals surface area contributed by atoms with Crippen LogP contribution in [0.4, 0.5) is 0 Å². The van der Waals surface area contributed by atoms with Crippen molar-refractivity contribution in [3.63, 3.8) is 0 Å². The highest BCUT2D eigenvalue weighted by Crippen LogP contribution is 2.26. The molecule has 27 heavy (non-hydrogen) atoms. The number of amides is 1. The maximum atomic E-state index is 12.6. The van der Waals surface area contributed by atoms with E-state index in [0.29, 0.717) is 24.7 Å². The van der Waals surface area contributed by atoms with Crippen LogP contribution in [0.25, 0.3) is 0 Å². The number of nitrogens with one attached hydrogen (secondary N) is 1. The zero-order valence-electron chi connectivity index (χ0n) is 15.5. The molecule has 7 nitrogen and oxygen atoms in total. The van der Waals surface area contributed by atoms with E-state index in [-0.39, 0.29) is 12.3 Å². The maximum absolute atomic E-state index is 12.6. The van der Waals surface area contributed by atoms with Gasteiger partial charge in [-0.25, -0.2) is 4.79 Å². The van der Waals surface area contributed by atoms with Gasteiger partial charge >= 0.3 is 5.69 Å². The minimum Gasteiger partial charge on any atom is -0.340 e. The Bertz CT molecular complexity index is 945. The van der Waals surface area contributed by atoms with E-state index in [1.54, 1.807) is 0 Å². The molecule has 2 aromatic rings.